The van der Waals surface area contributed by atoms with E-state index in [-0.39, 0.29) is 12.5 Å². The lowest BCUT2D eigenvalue weighted by atomic mass is 10.3. The highest BCUT2D eigenvalue weighted by molar-refractivity contribution is 9.10. The highest BCUT2D eigenvalue weighted by atomic mass is 79.9. The molecule has 0 spiro atoms. The Morgan fingerprint density at radius 1 is 1.33 bits per heavy atom. The van der Waals surface area contributed by atoms with Crippen LogP contribution in [0.1, 0.15) is 5.56 Å². The van der Waals surface area contributed by atoms with Crippen LogP contribution in [-0.4, -0.2) is 10.1 Å². The molecule has 0 aliphatic carbocycles. The molecule has 2 rings (SSSR count). The first-order valence-corrected chi connectivity index (χ1v) is 6.15. The normalized spacial score (nSPS) is 10.4. The number of ether oxygens (including phenoxy) is 1. The number of hydrogen-bond donors (Lipinski definition) is 1. The molecule has 1 aromatic heterocycles. The van der Waals surface area contributed by atoms with Crippen LogP contribution in [0.15, 0.2) is 34.9 Å². The number of pyridine rings is 1. The minimum atomic E-state index is -0.421. The molecule has 0 saturated heterocycles. The Balaban J connectivity index is 2.28. The Bertz CT molecular complexity index is 560. The molecular formula is C12H8BrClFNO2. The van der Waals surface area contributed by atoms with Gasteiger partial charge in [-0.25, -0.2) is 9.37 Å². The standard InChI is InChI=1S/C12H8BrClFNO2/c13-8-2-9(15)4-10(3-8)18-12-1-7(6-17)11(14)5-16-12/h1-5,17H,6H2. The van der Waals surface area contributed by atoms with Gasteiger partial charge in [0.2, 0.25) is 5.88 Å². The molecular weight excluding hydrogens is 324 g/mol. The topological polar surface area (TPSA) is 42.4 Å². The summed E-state index contributed by atoms with van der Waals surface area (Å²) in [4.78, 5) is 3.94. The fourth-order valence-electron chi connectivity index (χ4n) is 1.34. The third kappa shape index (κ3) is 3.19. The van der Waals surface area contributed by atoms with E-state index in [1.807, 2.05) is 0 Å². The molecule has 0 amide bonds. The fourth-order valence-corrected chi connectivity index (χ4v) is 1.95. The average molecular weight is 333 g/mol. The zero-order valence-corrected chi connectivity index (χ0v) is 11.4. The van der Waals surface area contributed by atoms with Crippen LogP contribution in [0.25, 0.3) is 0 Å². The van der Waals surface area contributed by atoms with E-state index < -0.39 is 5.82 Å². The predicted molar refractivity (Wildman–Crippen MR) is 69.3 cm³/mol. The molecule has 1 N–H and O–H groups in total. The van der Waals surface area contributed by atoms with Gasteiger partial charge in [0.05, 0.1) is 11.6 Å². The van der Waals surface area contributed by atoms with Crippen LogP contribution < -0.4 is 4.74 Å². The average Bonchev–Trinajstić information content (AvgIpc) is 2.30. The first-order chi connectivity index (χ1) is 8.58. The number of hydrogen-bond acceptors (Lipinski definition) is 3. The quantitative estimate of drug-likeness (QED) is 0.926. The summed E-state index contributed by atoms with van der Waals surface area (Å²) in [5.41, 5.74) is 0.497. The lowest BCUT2D eigenvalue weighted by molar-refractivity contribution is 0.281. The van der Waals surface area contributed by atoms with Gasteiger partial charge in [-0.05, 0) is 12.1 Å². The molecule has 1 aromatic carbocycles. The van der Waals surface area contributed by atoms with Crippen molar-refractivity contribution in [2.24, 2.45) is 0 Å². The second-order valence-corrected chi connectivity index (χ2v) is 4.80. The Hall–Kier alpha value is -1.17. The molecule has 3 nitrogen and oxygen atoms in total. The molecule has 0 bridgehead atoms. The molecule has 0 fully saturated rings. The number of aliphatic hydroxyl groups is 1. The Labute approximate surface area is 116 Å². The van der Waals surface area contributed by atoms with Gasteiger partial charge in [0.1, 0.15) is 11.6 Å². The smallest absolute Gasteiger partial charge is 0.219 e. The molecule has 6 heteroatoms. The Morgan fingerprint density at radius 3 is 2.78 bits per heavy atom. The van der Waals surface area contributed by atoms with Crippen molar-refractivity contribution in [3.8, 4) is 11.6 Å². The van der Waals surface area contributed by atoms with Crippen LogP contribution in [0.2, 0.25) is 5.02 Å². The molecule has 0 aliphatic heterocycles. The van der Waals surface area contributed by atoms with Crippen molar-refractivity contribution >= 4 is 27.5 Å². The number of benzene rings is 1. The van der Waals surface area contributed by atoms with E-state index in [9.17, 15) is 4.39 Å². The number of aliphatic hydroxyl groups excluding tert-OH is 1. The highest BCUT2D eigenvalue weighted by Crippen LogP contribution is 2.27. The molecule has 0 aliphatic rings. The lowest BCUT2D eigenvalue weighted by Crippen LogP contribution is -1.92. The Kier molecular flexibility index (Phi) is 4.16. The van der Waals surface area contributed by atoms with Crippen molar-refractivity contribution in [2.45, 2.75) is 6.61 Å². The third-order valence-corrected chi connectivity index (χ3v) is 2.94. The number of halogens is 3. The number of nitrogens with zero attached hydrogens (tertiary/aromatic N) is 1. The fraction of sp³-hybridized carbons (Fsp3) is 0.0833. The van der Waals surface area contributed by atoms with Gasteiger partial charge >= 0.3 is 0 Å². The van der Waals surface area contributed by atoms with Crippen LogP contribution in [0.3, 0.4) is 0 Å². The van der Waals surface area contributed by atoms with Gasteiger partial charge in [0, 0.05) is 28.4 Å². The number of rotatable bonds is 3. The van der Waals surface area contributed by atoms with Gasteiger partial charge in [-0.3, -0.25) is 0 Å². The van der Waals surface area contributed by atoms with Crippen molar-refractivity contribution < 1.29 is 14.2 Å². The predicted octanol–water partition coefficient (Wildman–Crippen LogP) is 3.92. The molecule has 0 saturated carbocycles. The van der Waals surface area contributed by atoms with Gasteiger partial charge in [-0.2, -0.15) is 0 Å². The van der Waals surface area contributed by atoms with Crippen molar-refractivity contribution in [1.29, 1.82) is 0 Å². The maximum atomic E-state index is 13.1. The minimum absolute atomic E-state index is 0.218. The van der Waals surface area contributed by atoms with E-state index in [0.29, 0.717) is 20.8 Å². The van der Waals surface area contributed by atoms with E-state index in [4.69, 9.17) is 21.4 Å². The highest BCUT2D eigenvalue weighted by Gasteiger charge is 2.06. The molecule has 0 unspecified atom stereocenters. The van der Waals surface area contributed by atoms with Crippen LogP contribution >= 0.6 is 27.5 Å². The van der Waals surface area contributed by atoms with Crippen LogP contribution in [-0.2, 0) is 6.61 Å². The summed E-state index contributed by atoms with van der Waals surface area (Å²) in [6, 6.07) is 5.67. The number of aromatic nitrogens is 1. The largest absolute Gasteiger partial charge is 0.439 e. The van der Waals surface area contributed by atoms with Gasteiger partial charge in [0.25, 0.3) is 0 Å². The van der Waals surface area contributed by atoms with Crippen LogP contribution in [0.4, 0.5) is 4.39 Å². The molecule has 0 radical (unpaired) electrons. The lowest BCUT2D eigenvalue weighted by Gasteiger charge is -2.07. The van der Waals surface area contributed by atoms with Crippen molar-refractivity contribution in [3.05, 3.63) is 51.3 Å². The molecule has 18 heavy (non-hydrogen) atoms. The van der Waals surface area contributed by atoms with E-state index in [2.05, 4.69) is 20.9 Å². The SMILES string of the molecule is OCc1cc(Oc2cc(F)cc(Br)c2)ncc1Cl. The molecule has 0 atom stereocenters. The second-order valence-electron chi connectivity index (χ2n) is 3.48. The second kappa shape index (κ2) is 5.65. The summed E-state index contributed by atoms with van der Waals surface area (Å²) >= 11 is 8.97. The summed E-state index contributed by atoms with van der Waals surface area (Å²) in [6.45, 7) is -0.218. The third-order valence-electron chi connectivity index (χ3n) is 2.14. The monoisotopic (exact) mass is 331 g/mol. The zero-order valence-electron chi connectivity index (χ0n) is 9.03. The molecule has 1 heterocycles. The summed E-state index contributed by atoms with van der Waals surface area (Å²) < 4.78 is 19.1. The minimum Gasteiger partial charge on any atom is -0.439 e. The summed E-state index contributed by atoms with van der Waals surface area (Å²) in [5.74, 6) is 0.122. The van der Waals surface area contributed by atoms with E-state index in [1.54, 1.807) is 6.07 Å². The van der Waals surface area contributed by atoms with Gasteiger partial charge in [-0.1, -0.05) is 27.5 Å². The van der Waals surface area contributed by atoms with Gasteiger partial charge in [-0.15, -0.1) is 0 Å². The molecule has 94 valence electrons. The van der Waals surface area contributed by atoms with Crippen molar-refractivity contribution in [3.63, 3.8) is 0 Å². The maximum absolute atomic E-state index is 13.1. The summed E-state index contributed by atoms with van der Waals surface area (Å²) in [6.07, 6.45) is 1.37. The molecule has 2 aromatic rings. The zero-order chi connectivity index (χ0) is 13.1. The van der Waals surface area contributed by atoms with Gasteiger partial charge in [0.15, 0.2) is 0 Å². The Morgan fingerprint density at radius 2 is 2.11 bits per heavy atom. The van der Waals surface area contributed by atoms with Crippen LogP contribution in [0, 0.1) is 5.82 Å². The van der Waals surface area contributed by atoms with Gasteiger partial charge < -0.3 is 9.84 Å². The van der Waals surface area contributed by atoms with E-state index in [0.717, 1.165) is 0 Å². The summed E-state index contributed by atoms with van der Waals surface area (Å²) in [7, 11) is 0. The van der Waals surface area contributed by atoms with E-state index >= 15 is 0 Å². The van der Waals surface area contributed by atoms with Crippen molar-refractivity contribution in [2.75, 3.05) is 0 Å². The summed E-state index contributed by atoms with van der Waals surface area (Å²) in [5, 5.41) is 9.41. The van der Waals surface area contributed by atoms with E-state index in [1.165, 1.54) is 24.4 Å². The van der Waals surface area contributed by atoms with Crippen LogP contribution in [0.5, 0.6) is 11.6 Å². The van der Waals surface area contributed by atoms with Crippen molar-refractivity contribution in [1.82, 2.24) is 4.98 Å². The first-order valence-electron chi connectivity index (χ1n) is 4.97. The first kappa shape index (κ1) is 13.3. The maximum Gasteiger partial charge on any atom is 0.219 e.